The molecule has 1 amide bonds. The molecule has 1 aromatic carbocycles. The molecule has 104 valence electrons. The molecule has 4 heteroatoms. The molecule has 1 aliphatic carbocycles. The third kappa shape index (κ3) is 4.96. The van der Waals surface area contributed by atoms with Crippen LogP contribution in [0.4, 0.5) is 0 Å². The monoisotopic (exact) mass is 324 g/mol. The van der Waals surface area contributed by atoms with E-state index >= 15 is 0 Å². The van der Waals surface area contributed by atoms with Crippen molar-refractivity contribution in [2.75, 3.05) is 6.54 Å². The SMILES string of the molecule is O=C(NNCCCC1CCCC1)c1ccc(Br)cc1. The number of nitrogens with one attached hydrogen (secondary N) is 2. The summed E-state index contributed by atoms with van der Waals surface area (Å²) < 4.78 is 0.980. The number of hydrogen-bond donors (Lipinski definition) is 2. The van der Waals surface area contributed by atoms with Crippen molar-refractivity contribution in [3.63, 3.8) is 0 Å². The Morgan fingerprint density at radius 1 is 1.21 bits per heavy atom. The van der Waals surface area contributed by atoms with Crippen LogP contribution in [0.5, 0.6) is 0 Å². The molecule has 1 aromatic rings. The van der Waals surface area contributed by atoms with Gasteiger partial charge in [-0.25, -0.2) is 5.43 Å². The highest BCUT2D eigenvalue weighted by Crippen LogP contribution is 2.28. The Morgan fingerprint density at radius 2 is 1.89 bits per heavy atom. The largest absolute Gasteiger partial charge is 0.287 e. The summed E-state index contributed by atoms with van der Waals surface area (Å²) in [6.45, 7) is 0.846. The number of hydrazine groups is 1. The first-order valence-corrected chi connectivity index (χ1v) is 7.84. The van der Waals surface area contributed by atoms with Gasteiger partial charge in [0.2, 0.25) is 0 Å². The van der Waals surface area contributed by atoms with Crippen LogP contribution in [0.1, 0.15) is 48.9 Å². The Balaban J connectivity index is 1.59. The van der Waals surface area contributed by atoms with Crippen molar-refractivity contribution < 1.29 is 4.79 Å². The molecule has 1 aliphatic rings. The Kier molecular flexibility index (Phi) is 5.86. The fourth-order valence-corrected chi connectivity index (χ4v) is 2.86. The molecule has 0 atom stereocenters. The predicted molar refractivity (Wildman–Crippen MR) is 80.8 cm³/mol. The van der Waals surface area contributed by atoms with Crippen LogP contribution in [0.2, 0.25) is 0 Å². The molecule has 19 heavy (non-hydrogen) atoms. The summed E-state index contributed by atoms with van der Waals surface area (Å²) in [5.41, 5.74) is 6.42. The standard InChI is InChI=1S/C15H21BrN2O/c16-14-9-7-13(8-10-14)15(19)18-17-11-3-6-12-4-1-2-5-12/h7-10,12,17H,1-6,11H2,(H,18,19). The average molecular weight is 325 g/mol. The quantitative estimate of drug-likeness (QED) is 0.619. The summed E-state index contributed by atoms with van der Waals surface area (Å²) in [5, 5.41) is 0. The van der Waals surface area contributed by atoms with Gasteiger partial charge in [0.1, 0.15) is 0 Å². The van der Waals surface area contributed by atoms with Gasteiger partial charge in [-0.3, -0.25) is 10.2 Å². The minimum Gasteiger partial charge on any atom is -0.287 e. The van der Waals surface area contributed by atoms with Gasteiger partial charge in [0.05, 0.1) is 0 Å². The Morgan fingerprint density at radius 3 is 2.58 bits per heavy atom. The molecule has 0 aromatic heterocycles. The van der Waals surface area contributed by atoms with Crippen molar-refractivity contribution in [2.45, 2.75) is 38.5 Å². The average Bonchev–Trinajstić information content (AvgIpc) is 2.92. The van der Waals surface area contributed by atoms with Gasteiger partial charge in [-0.15, -0.1) is 0 Å². The Labute approximate surface area is 123 Å². The molecule has 0 radical (unpaired) electrons. The minimum atomic E-state index is -0.0756. The first kappa shape index (κ1) is 14.5. The molecule has 0 bridgehead atoms. The Hall–Kier alpha value is -0.870. The highest BCUT2D eigenvalue weighted by molar-refractivity contribution is 9.10. The van der Waals surface area contributed by atoms with Gasteiger partial charge >= 0.3 is 0 Å². The fraction of sp³-hybridized carbons (Fsp3) is 0.533. The summed E-state index contributed by atoms with van der Waals surface area (Å²) in [6, 6.07) is 7.35. The second kappa shape index (κ2) is 7.65. The number of benzene rings is 1. The maximum absolute atomic E-state index is 11.8. The van der Waals surface area contributed by atoms with Gasteiger partial charge in [0, 0.05) is 16.6 Å². The maximum Gasteiger partial charge on any atom is 0.265 e. The molecule has 1 fully saturated rings. The van der Waals surface area contributed by atoms with E-state index in [2.05, 4.69) is 26.8 Å². The molecule has 0 saturated heterocycles. The molecular weight excluding hydrogens is 304 g/mol. The molecule has 2 rings (SSSR count). The van der Waals surface area contributed by atoms with Gasteiger partial charge in [-0.1, -0.05) is 41.6 Å². The maximum atomic E-state index is 11.8. The molecular formula is C15H21BrN2O. The number of halogens is 1. The number of carbonyl (C=O) groups excluding carboxylic acids is 1. The summed E-state index contributed by atoms with van der Waals surface area (Å²) in [6.07, 6.45) is 8.00. The van der Waals surface area contributed by atoms with Gasteiger partial charge in [0.25, 0.3) is 5.91 Å². The van der Waals surface area contributed by atoms with E-state index in [1.807, 2.05) is 12.1 Å². The predicted octanol–water partition coefficient (Wildman–Crippen LogP) is 3.65. The zero-order valence-electron chi connectivity index (χ0n) is 11.1. The second-order valence-electron chi connectivity index (χ2n) is 5.18. The zero-order valence-corrected chi connectivity index (χ0v) is 12.7. The first-order valence-electron chi connectivity index (χ1n) is 7.04. The van der Waals surface area contributed by atoms with Crippen LogP contribution in [0.3, 0.4) is 0 Å². The second-order valence-corrected chi connectivity index (χ2v) is 6.10. The molecule has 0 aliphatic heterocycles. The van der Waals surface area contributed by atoms with Crippen LogP contribution in [0, 0.1) is 5.92 Å². The van der Waals surface area contributed by atoms with E-state index in [9.17, 15) is 4.79 Å². The zero-order chi connectivity index (χ0) is 13.5. The van der Waals surface area contributed by atoms with Crippen LogP contribution >= 0.6 is 15.9 Å². The van der Waals surface area contributed by atoms with E-state index in [-0.39, 0.29) is 5.91 Å². The van der Waals surface area contributed by atoms with Gasteiger partial charge in [-0.2, -0.15) is 0 Å². The van der Waals surface area contributed by atoms with Crippen molar-refractivity contribution in [1.82, 2.24) is 10.9 Å². The molecule has 3 nitrogen and oxygen atoms in total. The normalized spacial score (nSPS) is 15.6. The number of rotatable bonds is 6. The van der Waals surface area contributed by atoms with Gasteiger partial charge < -0.3 is 0 Å². The lowest BCUT2D eigenvalue weighted by Crippen LogP contribution is -2.38. The lowest BCUT2D eigenvalue weighted by Gasteiger charge is -2.10. The van der Waals surface area contributed by atoms with E-state index in [4.69, 9.17) is 0 Å². The highest BCUT2D eigenvalue weighted by atomic mass is 79.9. The number of hydrogen-bond acceptors (Lipinski definition) is 2. The molecule has 0 unspecified atom stereocenters. The third-order valence-electron chi connectivity index (χ3n) is 3.70. The van der Waals surface area contributed by atoms with Gasteiger partial charge in [-0.05, 0) is 43.0 Å². The number of amides is 1. The van der Waals surface area contributed by atoms with Gasteiger partial charge in [0.15, 0.2) is 0 Å². The lowest BCUT2D eigenvalue weighted by atomic mass is 10.0. The molecule has 2 N–H and O–H groups in total. The van der Waals surface area contributed by atoms with E-state index in [0.29, 0.717) is 5.56 Å². The molecule has 0 heterocycles. The van der Waals surface area contributed by atoms with Crippen LogP contribution in [-0.4, -0.2) is 12.5 Å². The summed E-state index contributed by atoms with van der Waals surface area (Å²) >= 11 is 3.35. The van der Waals surface area contributed by atoms with Crippen molar-refractivity contribution in [2.24, 2.45) is 5.92 Å². The van der Waals surface area contributed by atoms with Crippen molar-refractivity contribution >= 4 is 21.8 Å². The topological polar surface area (TPSA) is 41.1 Å². The van der Waals surface area contributed by atoms with Crippen molar-refractivity contribution in [3.8, 4) is 0 Å². The van der Waals surface area contributed by atoms with E-state index < -0.39 is 0 Å². The van der Waals surface area contributed by atoms with Crippen LogP contribution < -0.4 is 10.9 Å². The highest BCUT2D eigenvalue weighted by Gasteiger charge is 2.13. The van der Waals surface area contributed by atoms with Crippen molar-refractivity contribution in [3.05, 3.63) is 34.3 Å². The van der Waals surface area contributed by atoms with Crippen LogP contribution in [0.15, 0.2) is 28.7 Å². The van der Waals surface area contributed by atoms with E-state index in [1.165, 1.54) is 32.1 Å². The van der Waals surface area contributed by atoms with E-state index in [1.54, 1.807) is 12.1 Å². The summed E-state index contributed by atoms with van der Waals surface area (Å²) in [7, 11) is 0. The molecule has 1 saturated carbocycles. The fourth-order valence-electron chi connectivity index (χ4n) is 2.59. The smallest absolute Gasteiger partial charge is 0.265 e. The van der Waals surface area contributed by atoms with E-state index in [0.717, 1.165) is 23.4 Å². The third-order valence-corrected chi connectivity index (χ3v) is 4.23. The Bertz CT molecular complexity index is 399. The molecule has 0 spiro atoms. The summed E-state index contributed by atoms with van der Waals surface area (Å²) in [5.74, 6) is 0.845. The van der Waals surface area contributed by atoms with Crippen molar-refractivity contribution in [1.29, 1.82) is 0 Å². The number of carbonyl (C=O) groups is 1. The summed E-state index contributed by atoms with van der Waals surface area (Å²) in [4.78, 5) is 11.8. The minimum absolute atomic E-state index is 0.0756. The van der Waals surface area contributed by atoms with Crippen LogP contribution in [-0.2, 0) is 0 Å². The van der Waals surface area contributed by atoms with Crippen LogP contribution in [0.25, 0.3) is 0 Å². The lowest BCUT2D eigenvalue weighted by molar-refractivity contribution is 0.0933. The first-order chi connectivity index (χ1) is 9.25.